The van der Waals surface area contributed by atoms with Crippen LogP contribution in [-0.4, -0.2) is 38.2 Å². The molecule has 1 aromatic carbocycles. The molecule has 3 unspecified atom stereocenters. The van der Waals surface area contributed by atoms with Gasteiger partial charge in [-0.2, -0.15) is 11.8 Å². The molecule has 114 valence electrons. The first-order valence-corrected chi connectivity index (χ1v) is 7.74. The number of nitro benzene ring substituents is 1. The summed E-state index contributed by atoms with van der Waals surface area (Å²) in [5, 5.41) is 30.0. The van der Waals surface area contributed by atoms with E-state index in [0.29, 0.717) is 24.0 Å². The van der Waals surface area contributed by atoms with Gasteiger partial charge in [-0.25, -0.2) is 0 Å². The van der Waals surface area contributed by atoms with E-state index in [1.807, 2.05) is 0 Å². The van der Waals surface area contributed by atoms with Gasteiger partial charge in [-0.1, -0.05) is 12.1 Å². The molecule has 7 heteroatoms. The summed E-state index contributed by atoms with van der Waals surface area (Å²) in [6.07, 6.45) is 0.688. The number of rotatable bonds is 5. The number of aliphatic hydroxyl groups excluding tert-OH is 1. The van der Waals surface area contributed by atoms with Crippen molar-refractivity contribution in [3.8, 4) is 0 Å². The van der Waals surface area contributed by atoms with E-state index < -0.39 is 22.9 Å². The van der Waals surface area contributed by atoms with E-state index in [2.05, 4.69) is 0 Å². The van der Waals surface area contributed by atoms with Crippen LogP contribution in [0.1, 0.15) is 30.4 Å². The Morgan fingerprint density at radius 2 is 2.29 bits per heavy atom. The zero-order valence-electron chi connectivity index (χ0n) is 11.6. The van der Waals surface area contributed by atoms with Crippen LogP contribution in [0.15, 0.2) is 18.2 Å². The van der Waals surface area contributed by atoms with Crippen LogP contribution in [-0.2, 0) is 11.2 Å². The minimum Gasteiger partial charge on any atom is -0.481 e. The largest absolute Gasteiger partial charge is 0.481 e. The van der Waals surface area contributed by atoms with Crippen LogP contribution in [0.5, 0.6) is 0 Å². The summed E-state index contributed by atoms with van der Waals surface area (Å²) in [5.74, 6) is -0.948. The van der Waals surface area contributed by atoms with Gasteiger partial charge in [0.15, 0.2) is 0 Å². The Morgan fingerprint density at radius 1 is 1.57 bits per heavy atom. The number of nitrogens with zero attached hydrogens (tertiary/aromatic N) is 1. The summed E-state index contributed by atoms with van der Waals surface area (Å²) in [4.78, 5) is 21.7. The molecule has 0 saturated carbocycles. The van der Waals surface area contributed by atoms with E-state index in [1.54, 1.807) is 23.9 Å². The molecule has 6 nitrogen and oxygen atoms in total. The van der Waals surface area contributed by atoms with E-state index in [-0.39, 0.29) is 10.9 Å². The van der Waals surface area contributed by atoms with Crippen molar-refractivity contribution in [1.82, 2.24) is 0 Å². The Bertz CT molecular complexity index is 562. The molecule has 1 fully saturated rings. The summed E-state index contributed by atoms with van der Waals surface area (Å²) < 4.78 is 0. The van der Waals surface area contributed by atoms with E-state index in [9.17, 15) is 20.0 Å². The van der Waals surface area contributed by atoms with Crippen LogP contribution in [0.2, 0.25) is 0 Å². The Labute approximate surface area is 126 Å². The highest BCUT2D eigenvalue weighted by Gasteiger charge is 2.29. The average molecular weight is 311 g/mol. The van der Waals surface area contributed by atoms with Crippen LogP contribution >= 0.6 is 11.8 Å². The first-order chi connectivity index (χ1) is 9.90. The minimum atomic E-state index is -1.01. The molecule has 1 heterocycles. The maximum atomic E-state index is 11.2. The predicted octanol–water partition coefficient (Wildman–Crippen LogP) is 2.19. The second kappa shape index (κ2) is 6.44. The van der Waals surface area contributed by atoms with Crippen molar-refractivity contribution in [2.45, 2.75) is 37.0 Å². The van der Waals surface area contributed by atoms with Crippen molar-refractivity contribution in [3.05, 3.63) is 39.4 Å². The van der Waals surface area contributed by atoms with Crippen LogP contribution in [0.4, 0.5) is 5.69 Å². The number of carbonyl (C=O) groups is 1. The number of nitro groups is 1. The number of thioether (sulfide) groups is 1. The second-order valence-corrected chi connectivity index (χ2v) is 6.52. The highest BCUT2D eigenvalue weighted by Crippen LogP contribution is 2.33. The molecule has 1 saturated heterocycles. The van der Waals surface area contributed by atoms with Crippen molar-refractivity contribution >= 4 is 23.4 Å². The summed E-state index contributed by atoms with van der Waals surface area (Å²) in [5.41, 5.74) is 0.887. The molecule has 1 aliphatic rings. The van der Waals surface area contributed by atoms with Crippen LogP contribution in [0.3, 0.4) is 0 Å². The van der Waals surface area contributed by atoms with E-state index in [4.69, 9.17) is 5.11 Å². The summed E-state index contributed by atoms with van der Waals surface area (Å²) >= 11 is 1.61. The number of aliphatic carboxylic acids is 1. The molecule has 0 aliphatic carbocycles. The molecule has 2 N–H and O–H groups in total. The maximum Gasteiger partial charge on any atom is 0.310 e. The van der Waals surface area contributed by atoms with E-state index >= 15 is 0 Å². The predicted molar refractivity (Wildman–Crippen MR) is 79.7 cm³/mol. The van der Waals surface area contributed by atoms with Gasteiger partial charge in [0.2, 0.25) is 0 Å². The van der Waals surface area contributed by atoms with Gasteiger partial charge in [0.1, 0.15) is 0 Å². The first kappa shape index (κ1) is 15.8. The second-order valence-electron chi connectivity index (χ2n) is 5.17. The molecule has 0 spiro atoms. The SMILES string of the molecule is CC(C(=O)O)c1ccc(CC2SCCC2O)c([N+](=O)[O-])c1. The molecular formula is C14H17NO5S. The summed E-state index contributed by atoms with van der Waals surface area (Å²) in [6, 6.07) is 4.56. The van der Waals surface area contributed by atoms with Gasteiger partial charge in [-0.15, -0.1) is 0 Å². The van der Waals surface area contributed by atoms with Crippen LogP contribution in [0, 0.1) is 10.1 Å². The standard InChI is InChI=1S/C14H17NO5S/c1-8(14(17)18)9-2-3-10(11(6-9)15(19)20)7-13-12(16)4-5-21-13/h2-3,6,8,12-13,16H,4-5,7H2,1H3,(H,17,18). The van der Waals surface area contributed by atoms with Gasteiger partial charge < -0.3 is 10.2 Å². The third-order valence-corrected chi connectivity index (χ3v) is 5.15. The fourth-order valence-electron chi connectivity index (χ4n) is 2.38. The van der Waals surface area contributed by atoms with Crippen LogP contribution in [0.25, 0.3) is 0 Å². The molecule has 21 heavy (non-hydrogen) atoms. The molecule has 1 aliphatic heterocycles. The number of carboxylic acids is 1. The highest BCUT2D eigenvalue weighted by molar-refractivity contribution is 8.00. The zero-order valence-corrected chi connectivity index (χ0v) is 12.4. The zero-order chi connectivity index (χ0) is 15.6. The van der Waals surface area contributed by atoms with Crippen LogP contribution < -0.4 is 0 Å². The molecule has 0 radical (unpaired) electrons. The first-order valence-electron chi connectivity index (χ1n) is 6.70. The molecule has 1 aromatic rings. The molecule has 2 rings (SSSR count). The maximum absolute atomic E-state index is 11.2. The van der Waals surface area contributed by atoms with Gasteiger partial charge in [-0.3, -0.25) is 14.9 Å². The number of carboxylic acid groups (broad SMARTS) is 1. The van der Waals surface area contributed by atoms with Crippen molar-refractivity contribution in [1.29, 1.82) is 0 Å². The monoisotopic (exact) mass is 311 g/mol. The van der Waals surface area contributed by atoms with Crippen molar-refractivity contribution in [2.24, 2.45) is 0 Å². The quantitative estimate of drug-likeness (QED) is 0.638. The van der Waals surface area contributed by atoms with Crippen molar-refractivity contribution in [3.63, 3.8) is 0 Å². The van der Waals surface area contributed by atoms with Crippen molar-refractivity contribution < 1.29 is 19.9 Å². The molecule has 3 atom stereocenters. The Morgan fingerprint density at radius 3 is 2.81 bits per heavy atom. The minimum absolute atomic E-state index is 0.0357. The molecule has 0 aromatic heterocycles. The fourth-order valence-corrected chi connectivity index (χ4v) is 3.72. The fraction of sp³-hybridized carbons (Fsp3) is 0.500. The van der Waals surface area contributed by atoms with Gasteiger partial charge in [0.05, 0.1) is 16.9 Å². The van der Waals surface area contributed by atoms with Gasteiger partial charge in [0, 0.05) is 16.9 Å². The third kappa shape index (κ3) is 3.54. The Kier molecular flexibility index (Phi) is 4.84. The lowest BCUT2D eigenvalue weighted by Crippen LogP contribution is -2.20. The van der Waals surface area contributed by atoms with Crippen molar-refractivity contribution in [2.75, 3.05) is 5.75 Å². The lowest BCUT2D eigenvalue weighted by Gasteiger charge is -2.14. The lowest BCUT2D eigenvalue weighted by atomic mass is 9.96. The topological polar surface area (TPSA) is 101 Å². The highest BCUT2D eigenvalue weighted by atomic mass is 32.2. The van der Waals surface area contributed by atoms with Gasteiger partial charge in [-0.05, 0) is 31.1 Å². The lowest BCUT2D eigenvalue weighted by molar-refractivity contribution is -0.385. The van der Waals surface area contributed by atoms with E-state index in [0.717, 1.165) is 5.75 Å². The van der Waals surface area contributed by atoms with Gasteiger partial charge in [0.25, 0.3) is 5.69 Å². The number of aliphatic hydroxyl groups is 1. The smallest absolute Gasteiger partial charge is 0.310 e. The Balaban J connectivity index is 2.29. The normalized spacial score (nSPS) is 23.0. The number of hydrogen-bond acceptors (Lipinski definition) is 5. The number of hydrogen-bond donors (Lipinski definition) is 2. The summed E-state index contributed by atoms with van der Waals surface area (Å²) in [6.45, 7) is 1.50. The Hall–Kier alpha value is -1.60. The molecule has 0 bridgehead atoms. The molecular weight excluding hydrogens is 294 g/mol. The van der Waals surface area contributed by atoms with Gasteiger partial charge >= 0.3 is 5.97 Å². The van der Waals surface area contributed by atoms with E-state index in [1.165, 1.54) is 13.0 Å². The molecule has 0 amide bonds. The number of benzene rings is 1. The average Bonchev–Trinajstić information content (AvgIpc) is 2.83. The third-order valence-electron chi connectivity index (χ3n) is 3.77. The summed E-state index contributed by atoms with van der Waals surface area (Å²) in [7, 11) is 0.